The Balaban J connectivity index is 2.18. The second kappa shape index (κ2) is 9.88. The topological polar surface area (TPSA) is 58.6 Å². The lowest BCUT2D eigenvalue weighted by Crippen LogP contribution is -2.49. The van der Waals surface area contributed by atoms with Crippen molar-refractivity contribution >= 4 is 11.8 Å². The second-order valence-corrected chi connectivity index (χ2v) is 6.72. The molecule has 2 aromatic carbocycles. The summed E-state index contributed by atoms with van der Waals surface area (Å²) in [5.41, 5.74) is 2.95. The molecule has 0 heterocycles. The normalized spacial score (nSPS) is 11.6. The van der Waals surface area contributed by atoms with E-state index in [1.54, 1.807) is 12.1 Å². The minimum atomic E-state index is -0.633. The zero-order valence-corrected chi connectivity index (χ0v) is 16.8. The minimum Gasteiger partial charge on any atom is -0.484 e. The third-order valence-corrected chi connectivity index (χ3v) is 4.74. The Morgan fingerprint density at radius 1 is 1.11 bits per heavy atom. The van der Waals surface area contributed by atoms with Crippen LogP contribution in [0.3, 0.4) is 0 Å². The van der Waals surface area contributed by atoms with Crippen LogP contribution in [0.15, 0.2) is 42.5 Å². The van der Waals surface area contributed by atoms with E-state index in [0.29, 0.717) is 12.2 Å². The number of amides is 2. The van der Waals surface area contributed by atoms with Crippen LogP contribution in [0.2, 0.25) is 0 Å². The van der Waals surface area contributed by atoms with Gasteiger partial charge in [0, 0.05) is 13.6 Å². The lowest BCUT2D eigenvalue weighted by atomic mass is 10.1. The molecule has 0 aliphatic carbocycles. The molecule has 28 heavy (non-hydrogen) atoms. The summed E-state index contributed by atoms with van der Waals surface area (Å²) in [7, 11) is 1.54. The zero-order valence-electron chi connectivity index (χ0n) is 16.8. The number of likely N-dealkylation sites (N-methyl/N-ethyl adjacent to an activating group) is 1. The second-order valence-electron chi connectivity index (χ2n) is 6.72. The molecule has 2 rings (SSSR count). The fourth-order valence-electron chi connectivity index (χ4n) is 2.90. The highest BCUT2D eigenvalue weighted by Crippen LogP contribution is 2.18. The summed E-state index contributed by atoms with van der Waals surface area (Å²) < 4.78 is 18.9. The molecule has 0 aromatic heterocycles. The molecule has 0 fully saturated rings. The number of hydrogen-bond acceptors (Lipinski definition) is 3. The number of benzene rings is 2. The number of hydrogen-bond donors (Lipinski definition) is 1. The van der Waals surface area contributed by atoms with Gasteiger partial charge >= 0.3 is 0 Å². The van der Waals surface area contributed by atoms with Crippen molar-refractivity contribution in [3.63, 3.8) is 0 Å². The van der Waals surface area contributed by atoms with Gasteiger partial charge in [-0.05, 0) is 61.2 Å². The Morgan fingerprint density at radius 2 is 1.79 bits per heavy atom. The minimum absolute atomic E-state index is 0.183. The fourth-order valence-corrected chi connectivity index (χ4v) is 2.90. The van der Waals surface area contributed by atoms with Crippen LogP contribution in [-0.2, 0) is 16.1 Å². The molecule has 6 heteroatoms. The van der Waals surface area contributed by atoms with Crippen LogP contribution in [-0.4, -0.2) is 36.4 Å². The molecule has 0 bridgehead atoms. The van der Waals surface area contributed by atoms with E-state index in [-0.39, 0.29) is 30.8 Å². The van der Waals surface area contributed by atoms with Crippen molar-refractivity contribution < 1.29 is 18.7 Å². The first-order chi connectivity index (χ1) is 13.3. The van der Waals surface area contributed by atoms with Gasteiger partial charge in [0.2, 0.25) is 5.91 Å². The van der Waals surface area contributed by atoms with E-state index in [2.05, 4.69) is 5.32 Å². The van der Waals surface area contributed by atoms with Gasteiger partial charge in [-0.3, -0.25) is 9.59 Å². The molecule has 2 aromatic rings. The van der Waals surface area contributed by atoms with Crippen LogP contribution in [0.1, 0.15) is 30.0 Å². The summed E-state index contributed by atoms with van der Waals surface area (Å²) in [6.07, 6.45) is 0.455. The number of nitrogens with zero attached hydrogens (tertiary/aromatic N) is 1. The smallest absolute Gasteiger partial charge is 0.261 e. The zero-order chi connectivity index (χ0) is 20.7. The molecule has 5 nitrogen and oxygen atoms in total. The van der Waals surface area contributed by atoms with Crippen LogP contribution in [0.4, 0.5) is 4.39 Å². The molecule has 0 unspecified atom stereocenters. The largest absolute Gasteiger partial charge is 0.484 e. The molecule has 0 aliphatic heterocycles. The van der Waals surface area contributed by atoms with Gasteiger partial charge in [0.25, 0.3) is 5.91 Å². The molecule has 0 aliphatic rings. The van der Waals surface area contributed by atoms with Gasteiger partial charge in [-0.15, -0.1) is 0 Å². The van der Waals surface area contributed by atoms with Crippen molar-refractivity contribution in [1.82, 2.24) is 10.2 Å². The van der Waals surface area contributed by atoms with Gasteiger partial charge in [0.15, 0.2) is 6.61 Å². The summed E-state index contributed by atoms with van der Waals surface area (Å²) in [5, 5.41) is 2.60. The molecule has 2 amide bonds. The Hall–Kier alpha value is -2.89. The van der Waals surface area contributed by atoms with E-state index in [0.717, 1.165) is 16.7 Å². The maximum absolute atomic E-state index is 13.2. The predicted molar refractivity (Wildman–Crippen MR) is 107 cm³/mol. The summed E-state index contributed by atoms with van der Waals surface area (Å²) >= 11 is 0. The van der Waals surface area contributed by atoms with Crippen molar-refractivity contribution in [2.24, 2.45) is 0 Å². The lowest BCUT2D eigenvalue weighted by molar-refractivity contribution is -0.142. The first-order valence-corrected chi connectivity index (χ1v) is 9.31. The van der Waals surface area contributed by atoms with E-state index < -0.39 is 6.04 Å². The van der Waals surface area contributed by atoms with Crippen molar-refractivity contribution in [1.29, 1.82) is 0 Å². The maximum atomic E-state index is 13.2. The van der Waals surface area contributed by atoms with Gasteiger partial charge < -0.3 is 15.0 Å². The number of halogens is 1. The average molecular weight is 386 g/mol. The van der Waals surface area contributed by atoms with E-state index in [1.807, 2.05) is 39.0 Å². The molecule has 0 saturated heterocycles. The highest BCUT2D eigenvalue weighted by atomic mass is 19.1. The van der Waals surface area contributed by atoms with Gasteiger partial charge in [0.1, 0.15) is 17.6 Å². The van der Waals surface area contributed by atoms with Gasteiger partial charge in [-0.1, -0.05) is 25.1 Å². The van der Waals surface area contributed by atoms with Crippen LogP contribution in [0.5, 0.6) is 5.75 Å². The van der Waals surface area contributed by atoms with E-state index in [4.69, 9.17) is 4.74 Å². The monoisotopic (exact) mass is 386 g/mol. The van der Waals surface area contributed by atoms with Gasteiger partial charge in [-0.2, -0.15) is 0 Å². The van der Waals surface area contributed by atoms with Gasteiger partial charge in [-0.25, -0.2) is 4.39 Å². The number of rotatable bonds is 8. The summed E-state index contributed by atoms with van der Waals surface area (Å²) in [6, 6.07) is 10.9. The number of ether oxygens (including phenoxy) is 1. The van der Waals surface area contributed by atoms with Crippen LogP contribution in [0, 0.1) is 19.7 Å². The quantitative estimate of drug-likeness (QED) is 0.757. The molecule has 0 spiro atoms. The predicted octanol–water partition coefficient (Wildman–Crippen LogP) is 3.37. The maximum Gasteiger partial charge on any atom is 0.261 e. The summed E-state index contributed by atoms with van der Waals surface area (Å²) in [4.78, 5) is 26.7. The summed E-state index contributed by atoms with van der Waals surface area (Å²) in [5.74, 6) is -0.300. The molecular formula is C22H27FN2O3. The van der Waals surface area contributed by atoms with Crippen molar-refractivity contribution in [2.75, 3.05) is 13.7 Å². The lowest BCUT2D eigenvalue weighted by Gasteiger charge is -2.30. The Morgan fingerprint density at radius 3 is 2.36 bits per heavy atom. The highest BCUT2D eigenvalue weighted by Gasteiger charge is 2.28. The van der Waals surface area contributed by atoms with Crippen LogP contribution >= 0.6 is 0 Å². The number of aryl methyl sites for hydroxylation is 2. The first-order valence-electron chi connectivity index (χ1n) is 9.31. The Labute approximate surface area is 165 Å². The van der Waals surface area contributed by atoms with E-state index in [1.165, 1.54) is 24.1 Å². The van der Waals surface area contributed by atoms with Crippen molar-refractivity contribution in [3.8, 4) is 5.75 Å². The number of carbonyl (C=O) groups is 2. The molecule has 150 valence electrons. The Bertz CT molecular complexity index is 821. The van der Waals surface area contributed by atoms with Gasteiger partial charge in [0.05, 0.1) is 0 Å². The van der Waals surface area contributed by atoms with Crippen LogP contribution in [0.25, 0.3) is 0 Å². The molecular weight excluding hydrogens is 359 g/mol. The van der Waals surface area contributed by atoms with E-state index in [9.17, 15) is 14.0 Å². The number of nitrogens with one attached hydrogen (secondary N) is 1. The third kappa shape index (κ3) is 5.55. The van der Waals surface area contributed by atoms with Crippen LogP contribution < -0.4 is 10.1 Å². The average Bonchev–Trinajstić information content (AvgIpc) is 2.69. The molecule has 1 N–H and O–H groups in total. The molecule has 0 saturated carbocycles. The summed E-state index contributed by atoms with van der Waals surface area (Å²) in [6.45, 7) is 5.83. The molecule has 1 atom stereocenters. The molecule has 0 radical (unpaired) electrons. The third-order valence-electron chi connectivity index (χ3n) is 4.74. The number of carbonyl (C=O) groups excluding carboxylic acids is 2. The first kappa shape index (κ1) is 21.4. The fraction of sp³-hybridized carbons (Fsp3) is 0.364. The van der Waals surface area contributed by atoms with E-state index >= 15 is 0 Å². The standard InChI is InChI=1S/C22H27FN2O3/c1-5-20(22(27)24-4)25(13-17-7-9-18(23)10-8-17)21(26)14-28-19-11-6-15(2)16(3)12-19/h6-12,20H,5,13-14H2,1-4H3,(H,24,27)/t20-/m0/s1. The highest BCUT2D eigenvalue weighted by molar-refractivity contribution is 5.88. The van der Waals surface area contributed by atoms with Crippen molar-refractivity contribution in [2.45, 2.75) is 39.8 Å². The van der Waals surface area contributed by atoms with Crippen molar-refractivity contribution in [3.05, 3.63) is 65.0 Å². The Kier molecular flexibility index (Phi) is 7.55. The SMILES string of the molecule is CC[C@@H](C(=O)NC)N(Cc1ccc(F)cc1)C(=O)COc1ccc(C)c(C)c1.